The highest BCUT2D eigenvalue weighted by Crippen LogP contribution is 2.40. The number of carbonyl (C=O) groups is 3. The molecule has 2 aromatic rings. The third-order valence-electron chi connectivity index (χ3n) is 4.81. The van der Waals surface area contributed by atoms with Crippen molar-refractivity contribution in [1.29, 1.82) is 0 Å². The van der Waals surface area contributed by atoms with Gasteiger partial charge in [0.15, 0.2) is 5.70 Å². The highest BCUT2D eigenvalue weighted by molar-refractivity contribution is 8.00. The zero-order valence-electron chi connectivity index (χ0n) is 15.5. The number of carboxylic acid groups (broad SMARTS) is 1. The summed E-state index contributed by atoms with van der Waals surface area (Å²) in [6, 6.07) is 8.24. The Morgan fingerprint density at radius 1 is 1.34 bits per heavy atom. The Bertz CT molecular complexity index is 1030. The number of aliphatic carboxylic acids is 1. The fourth-order valence-corrected chi connectivity index (χ4v) is 4.71. The Labute approximate surface area is 169 Å². The average Bonchev–Trinajstić information content (AvgIpc) is 3.12. The van der Waals surface area contributed by atoms with Crippen LogP contribution in [0.15, 0.2) is 46.3 Å². The molecule has 0 unspecified atom stereocenters. The molecule has 2 aliphatic rings. The Morgan fingerprint density at radius 2 is 2.07 bits per heavy atom. The molecule has 1 fully saturated rings. The van der Waals surface area contributed by atoms with Gasteiger partial charge in [-0.05, 0) is 6.92 Å². The van der Waals surface area contributed by atoms with Crippen molar-refractivity contribution in [2.75, 3.05) is 12.9 Å². The first-order valence-corrected chi connectivity index (χ1v) is 9.76. The van der Waals surface area contributed by atoms with E-state index >= 15 is 0 Å². The molecule has 10 heteroatoms. The number of aryl methyl sites for hydroxylation is 1. The van der Waals surface area contributed by atoms with Gasteiger partial charge >= 0.3 is 5.97 Å². The zero-order chi connectivity index (χ0) is 20.7. The molecule has 0 bridgehead atoms. The van der Waals surface area contributed by atoms with Gasteiger partial charge in [0.05, 0.1) is 12.9 Å². The average molecular weight is 415 g/mol. The lowest BCUT2D eigenvalue weighted by molar-refractivity contribution is -0.149. The Balaban J connectivity index is 1.58. The maximum absolute atomic E-state index is 12.9. The molecular formula is C19H17N3O6S. The molecule has 9 nitrogen and oxygen atoms in total. The summed E-state index contributed by atoms with van der Waals surface area (Å²) in [7, 11) is 1.36. The molecule has 2 aliphatic heterocycles. The molecule has 3 heterocycles. The van der Waals surface area contributed by atoms with Gasteiger partial charge in [-0.2, -0.15) is 0 Å². The van der Waals surface area contributed by atoms with Crippen LogP contribution in [0.2, 0.25) is 0 Å². The van der Waals surface area contributed by atoms with Gasteiger partial charge in [-0.1, -0.05) is 35.5 Å². The van der Waals surface area contributed by atoms with E-state index in [0.29, 0.717) is 22.8 Å². The van der Waals surface area contributed by atoms with E-state index in [1.165, 1.54) is 18.9 Å². The van der Waals surface area contributed by atoms with E-state index in [2.05, 4.69) is 10.5 Å². The van der Waals surface area contributed by atoms with Gasteiger partial charge in [-0.3, -0.25) is 14.5 Å². The molecular weight excluding hydrogens is 398 g/mol. The largest absolute Gasteiger partial charge is 0.498 e. The number of β-lactam (4-membered cyclic amide) rings is 1. The van der Waals surface area contributed by atoms with Crippen LogP contribution in [0.5, 0.6) is 0 Å². The van der Waals surface area contributed by atoms with Crippen LogP contribution < -0.4 is 5.32 Å². The number of fused-ring (bicyclic) bond motifs is 1. The van der Waals surface area contributed by atoms with Crippen LogP contribution in [-0.2, 0) is 14.3 Å². The highest BCUT2D eigenvalue weighted by Gasteiger charge is 2.55. The van der Waals surface area contributed by atoms with Crippen molar-refractivity contribution in [3.05, 3.63) is 53.1 Å². The second-order valence-corrected chi connectivity index (χ2v) is 7.58. The number of aromatic nitrogens is 1. The van der Waals surface area contributed by atoms with Gasteiger partial charge in [0.2, 0.25) is 0 Å². The number of hydrogen-bond acceptors (Lipinski definition) is 7. The van der Waals surface area contributed by atoms with Gasteiger partial charge in [-0.25, -0.2) is 4.79 Å². The number of carboxylic acids is 1. The van der Waals surface area contributed by atoms with Gasteiger partial charge in [0.1, 0.15) is 34.2 Å². The normalized spacial score (nSPS) is 20.8. The quantitative estimate of drug-likeness (QED) is 0.707. The van der Waals surface area contributed by atoms with Gasteiger partial charge in [0, 0.05) is 5.56 Å². The lowest BCUT2D eigenvalue weighted by Crippen LogP contribution is -2.70. The standard InChI is InChI=1S/C19H17N3O6S/c1-9-12(13(21-28-9)10-6-4-3-5-7-10)16(23)20-14-17(24)22-15(19(25)26)11(27-2)8-29-18(14)22/h3-7,14,18H,8H2,1-2H3,(H,20,23)(H,25,26)/t14-,18+/m1/s1. The summed E-state index contributed by atoms with van der Waals surface area (Å²) in [6.45, 7) is 1.62. The minimum atomic E-state index is -1.24. The fraction of sp³-hybridized carbons (Fsp3) is 0.263. The van der Waals surface area contributed by atoms with Crippen LogP contribution >= 0.6 is 11.8 Å². The van der Waals surface area contributed by atoms with Crippen molar-refractivity contribution >= 4 is 29.5 Å². The summed E-state index contributed by atoms with van der Waals surface area (Å²) >= 11 is 1.33. The number of benzene rings is 1. The molecule has 0 saturated carbocycles. The van der Waals surface area contributed by atoms with Crippen molar-refractivity contribution in [3.8, 4) is 11.3 Å². The van der Waals surface area contributed by atoms with Crippen LogP contribution in [0.1, 0.15) is 16.1 Å². The minimum absolute atomic E-state index is 0.183. The third kappa shape index (κ3) is 3.05. The fourth-order valence-electron chi connectivity index (χ4n) is 3.39. The summed E-state index contributed by atoms with van der Waals surface area (Å²) in [4.78, 5) is 38.3. The van der Waals surface area contributed by atoms with Crippen molar-refractivity contribution < 1.29 is 28.8 Å². The monoisotopic (exact) mass is 415 g/mol. The van der Waals surface area contributed by atoms with Crippen molar-refractivity contribution in [1.82, 2.24) is 15.4 Å². The molecule has 1 saturated heterocycles. The first-order valence-electron chi connectivity index (χ1n) is 8.71. The number of nitrogens with zero attached hydrogens (tertiary/aromatic N) is 2. The van der Waals surface area contributed by atoms with Crippen molar-refractivity contribution in [2.45, 2.75) is 18.3 Å². The molecule has 0 spiro atoms. The Morgan fingerprint density at radius 3 is 2.72 bits per heavy atom. The predicted molar refractivity (Wildman–Crippen MR) is 103 cm³/mol. The van der Waals surface area contributed by atoms with Gasteiger partial charge in [0.25, 0.3) is 11.8 Å². The first-order chi connectivity index (χ1) is 13.9. The van der Waals surface area contributed by atoms with Crippen LogP contribution in [0.3, 0.4) is 0 Å². The molecule has 1 aromatic carbocycles. The minimum Gasteiger partial charge on any atom is -0.498 e. The van der Waals surface area contributed by atoms with Crippen LogP contribution in [-0.4, -0.2) is 57.2 Å². The molecule has 29 heavy (non-hydrogen) atoms. The second kappa shape index (κ2) is 7.28. The number of amides is 2. The maximum Gasteiger partial charge on any atom is 0.356 e. The number of rotatable bonds is 5. The number of nitrogens with one attached hydrogen (secondary N) is 1. The molecule has 1 aromatic heterocycles. The summed E-state index contributed by atoms with van der Waals surface area (Å²) in [5.41, 5.74) is 1.16. The SMILES string of the molecule is COC1=C(C(=O)O)N2C(=O)[C@@H](NC(=O)c3c(-c4ccccc4)noc3C)[C@@H]2SC1. The van der Waals surface area contributed by atoms with E-state index < -0.39 is 29.2 Å². The summed E-state index contributed by atoms with van der Waals surface area (Å²) in [6.07, 6.45) is 0. The number of ether oxygens (including phenoxy) is 1. The van der Waals surface area contributed by atoms with Crippen molar-refractivity contribution in [3.63, 3.8) is 0 Å². The first kappa shape index (κ1) is 19.1. The summed E-state index contributed by atoms with van der Waals surface area (Å²) in [5, 5.41) is 15.6. The smallest absolute Gasteiger partial charge is 0.356 e. The Hall–Kier alpha value is -3.27. The van der Waals surface area contributed by atoms with Crippen molar-refractivity contribution in [2.24, 2.45) is 0 Å². The number of thioether (sulfide) groups is 1. The Kier molecular flexibility index (Phi) is 4.79. The molecule has 4 rings (SSSR count). The van der Waals surface area contributed by atoms with Crippen LogP contribution in [0, 0.1) is 6.92 Å². The van der Waals surface area contributed by atoms with E-state index in [-0.39, 0.29) is 17.0 Å². The summed E-state index contributed by atoms with van der Waals surface area (Å²) < 4.78 is 10.3. The maximum atomic E-state index is 12.9. The molecule has 2 atom stereocenters. The third-order valence-corrected chi connectivity index (χ3v) is 6.06. The molecule has 150 valence electrons. The number of methoxy groups -OCH3 is 1. The zero-order valence-corrected chi connectivity index (χ0v) is 16.4. The summed E-state index contributed by atoms with van der Waals surface area (Å²) in [5.74, 6) is -1.41. The lowest BCUT2D eigenvalue weighted by Gasteiger charge is -2.48. The van der Waals surface area contributed by atoms with E-state index in [4.69, 9.17) is 9.26 Å². The van der Waals surface area contributed by atoms with E-state index in [0.717, 1.165) is 4.90 Å². The molecule has 2 N–H and O–H groups in total. The number of carbonyl (C=O) groups excluding carboxylic acids is 2. The van der Waals surface area contributed by atoms with E-state index in [1.54, 1.807) is 19.1 Å². The highest BCUT2D eigenvalue weighted by atomic mass is 32.2. The van der Waals surface area contributed by atoms with Crippen LogP contribution in [0.25, 0.3) is 11.3 Å². The van der Waals surface area contributed by atoms with Gasteiger partial charge in [-0.15, -0.1) is 11.8 Å². The molecule has 0 aliphatic carbocycles. The van der Waals surface area contributed by atoms with E-state index in [9.17, 15) is 19.5 Å². The topological polar surface area (TPSA) is 122 Å². The predicted octanol–water partition coefficient (Wildman–Crippen LogP) is 1.61. The molecule has 2 amide bonds. The van der Waals surface area contributed by atoms with Gasteiger partial charge < -0.3 is 19.7 Å². The van der Waals surface area contributed by atoms with E-state index in [1.807, 2.05) is 18.2 Å². The molecule has 0 radical (unpaired) electrons. The number of hydrogen-bond donors (Lipinski definition) is 2. The van der Waals surface area contributed by atoms with Crippen LogP contribution in [0.4, 0.5) is 0 Å². The lowest BCUT2D eigenvalue weighted by atomic mass is 10.0. The second-order valence-electron chi connectivity index (χ2n) is 6.47.